The largest absolute Gasteiger partial charge is 0.459 e. The maximum Gasteiger partial charge on any atom is 0.189 e. The third-order valence-electron chi connectivity index (χ3n) is 2.95. The quantitative estimate of drug-likeness (QED) is 0.489. The van der Waals surface area contributed by atoms with Gasteiger partial charge in [0.1, 0.15) is 17.9 Å². The molecule has 0 aliphatic carbocycles. The van der Waals surface area contributed by atoms with Crippen LogP contribution in [0.2, 0.25) is 0 Å². The van der Waals surface area contributed by atoms with Crippen LogP contribution in [0.25, 0.3) is 11.0 Å². The van der Waals surface area contributed by atoms with Crippen LogP contribution >= 0.6 is 0 Å². The molecule has 2 aromatic rings. The molecular formula is C14H19N3O2. The molecule has 5 heteroatoms. The first-order chi connectivity index (χ1) is 9.22. The number of ether oxygens (including phenoxy) is 1. The molecule has 5 nitrogen and oxygen atoms in total. The third kappa shape index (κ3) is 3.26. The second kappa shape index (κ2) is 6.24. The van der Waals surface area contributed by atoms with Gasteiger partial charge in [-0.2, -0.15) is 0 Å². The van der Waals surface area contributed by atoms with Gasteiger partial charge in [-0.05, 0) is 13.0 Å². The van der Waals surface area contributed by atoms with Gasteiger partial charge in [0, 0.05) is 24.6 Å². The number of fused-ring (bicyclic) bond motifs is 1. The topological polar surface area (TPSA) is 72.8 Å². The van der Waals surface area contributed by atoms with Crippen molar-refractivity contribution < 1.29 is 9.15 Å². The molecule has 0 spiro atoms. The number of nitrogens with zero attached hydrogens (tertiary/aromatic N) is 1. The molecule has 1 aromatic heterocycles. The van der Waals surface area contributed by atoms with Crippen LogP contribution in [0.5, 0.6) is 0 Å². The first kappa shape index (κ1) is 13.4. The van der Waals surface area contributed by atoms with Crippen molar-refractivity contribution in [2.24, 2.45) is 10.7 Å². The van der Waals surface area contributed by atoms with Gasteiger partial charge in [-0.1, -0.05) is 18.2 Å². The highest BCUT2D eigenvalue weighted by molar-refractivity contribution is 5.82. The van der Waals surface area contributed by atoms with E-state index in [-0.39, 0.29) is 0 Å². The molecule has 0 saturated carbocycles. The van der Waals surface area contributed by atoms with Gasteiger partial charge in [0.25, 0.3) is 0 Å². The van der Waals surface area contributed by atoms with Crippen molar-refractivity contribution in [3.63, 3.8) is 0 Å². The van der Waals surface area contributed by atoms with E-state index in [1.165, 1.54) is 0 Å². The summed E-state index contributed by atoms with van der Waals surface area (Å²) in [7, 11) is 1.65. The summed E-state index contributed by atoms with van der Waals surface area (Å²) in [6, 6.07) is 7.95. The minimum absolute atomic E-state index is 0.400. The Balaban J connectivity index is 2.05. The monoisotopic (exact) mass is 261 g/mol. The lowest BCUT2D eigenvalue weighted by atomic mass is 10.1. The zero-order valence-corrected chi connectivity index (χ0v) is 11.3. The van der Waals surface area contributed by atoms with Crippen molar-refractivity contribution in [1.29, 1.82) is 0 Å². The summed E-state index contributed by atoms with van der Waals surface area (Å²) in [6.07, 6.45) is 0. The fourth-order valence-electron chi connectivity index (χ4n) is 1.87. The van der Waals surface area contributed by atoms with Gasteiger partial charge < -0.3 is 20.2 Å². The van der Waals surface area contributed by atoms with Crippen LogP contribution in [0.4, 0.5) is 0 Å². The summed E-state index contributed by atoms with van der Waals surface area (Å²) in [5.74, 6) is 1.24. The molecule has 0 atom stereocenters. The van der Waals surface area contributed by atoms with Crippen molar-refractivity contribution >= 4 is 16.9 Å². The number of aryl methyl sites for hydroxylation is 1. The van der Waals surface area contributed by atoms with Crippen LogP contribution in [0.3, 0.4) is 0 Å². The summed E-state index contributed by atoms with van der Waals surface area (Å²) in [6.45, 7) is 3.71. The molecule has 0 bridgehead atoms. The smallest absolute Gasteiger partial charge is 0.189 e. The number of nitrogens with one attached hydrogen (secondary N) is 1. The minimum atomic E-state index is 0.400. The molecule has 2 rings (SSSR count). The number of guanidine groups is 1. The fraction of sp³-hybridized carbons (Fsp3) is 0.357. The van der Waals surface area contributed by atoms with Gasteiger partial charge in [-0.25, -0.2) is 4.99 Å². The number of methoxy groups -OCH3 is 1. The summed E-state index contributed by atoms with van der Waals surface area (Å²) in [5.41, 5.74) is 7.75. The van der Waals surface area contributed by atoms with Gasteiger partial charge in [-0.3, -0.25) is 0 Å². The van der Waals surface area contributed by atoms with E-state index in [1.807, 2.05) is 31.2 Å². The molecule has 0 aliphatic rings. The molecule has 0 unspecified atom stereocenters. The Bertz CT molecular complexity index is 575. The van der Waals surface area contributed by atoms with E-state index < -0.39 is 0 Å². The van der Waals surface area contributed by atoms with E-state index >= 15 is 0 Å². The molecular weight excluding hydrogens is 242 g/mol. The Morgan fingerprint density at radius 2 is 2.21 bits per heavy atom. The maximum atomic E-state index is 5.76. The van der Waals surface area contributed by atoms with E-state index in [0.717, 1.165) is 22.3 Å². The van der Waals surface area contributed by atoms with Crippen molar-refractivity contribution in [2.75, 3.05) is 20.3 Å². The predicted octanol–water partition coefficient (Wildman–Crippen LogP) is 1.79. The minimum Gasteiger partial charge on any atom is -0.459 e. The van der Waals surface area contributed by atoms with E-state index in [0.29, 0.717) is 25.7 Å². The molecule has 0 radical (unpaired) electrons. The van der Waals surface area contributed by atoms with E-state index in [2.05, 4.69) is 10.3 Å². The van der Waals surface area contributed by atoms with Gasteiger partial charge in [0.05, 0.1) is 6.61 Å². The lowest BCUT2D eigenvalue weighted by Gasteiger charge is -2.03. The summed E-state index contributed by atoms with van der Waals surface area (Å²) in [5, 5.41) is 4.09. The van der Waals surface area contributed by atoms with Gasteiger partial charge in [0.15, 0.2) is 5.96 Å². The van der Waals surface area contributed by atoms with Crippen LogP contribution in [0.1, 0.15) is 11.3 Å². The average molecular weight is 261 g/mol. The predicted molar refractivity (Wildman–Crippen MR) is 76.2 cm³/mol. The molecule has 3 N–H and O–H groups in total. The summed E-state index contributed by atoms with van der Waals surface area (Å²) in [4.78, 5) is 4.26. The Morgan fingerprint density at radius 3 is 2.95 bits per heavy atom. The summed E-state index contributed by atoms with van der Waals surface area (Å²) < 4.78 is 10.7. The number of benzene rings is 1. The Kier molecular flexibility index (Phi) is 4.41. The standard InChI is InChI=1S/C14H19N3O2/c1-10-11-5-3-4-6-12(11)19-13(10)9-17-14(15)16-7-8-18-2/h3-6H,7-9H2,1-2H3,(H3,15,16,17). The van der Waals surface area contributed by atoms with Gasteiger partial charge >= 0.3 is 0 Å². The molecule has 0 saturated heterocycles. The first-order valence-corrected chi connectivity index (χ1v) is 6.22. The zero-order chi connectivity index (χ0) is 13.7. The number of hydrogen-bond donors (Lipinski definition) is 2. The van der Waals surface area contributed by atoms with Crippen LogP contribution in [0.15, 0.2) is 33.7 Å². The third-order valence-corrected chi connectivity index (χ3v) is 2.95. The second-order valence-corrected chi connectivity index (χ2v) is 4.27. The fourth-order valence-corrected chi connectivity index (χ4v) is 1.87. The Labute approximate surface area is 112 Å². The Morgan fingerprint density at radius 1 is 1.42 bits per heavy atom. The van der Waals surface area contributed by atoms with E-state index in [9.17, 15) is 0 Å². The molecule has 1 heterocycles. The van der Waals surface area contributed by atoms with Crippen molar-refractivity contribution in [3.8, 4) is 0 Å². The number of para-hydroxylation sites is 1. The number of furan rings is 1. The molecule has 0 fully saturated rings. The second-order valence-electron chi connectivity index (χ2n) is 4.27. The number of hydrogen-bond acceptors (Lipinski definition) is 3. The number of rotatable bonds is 5. The highest BCUT2D eigenvalue weighted by Crippen LogP contribution is 2.25. The van der Waals surface area contributed by atoms with Crippen LogP contribution in [-0.4, -0.2) is 26.2 Å². The van der Waals surface area contributed by atoms with E-state index in [4.69, 9.17) is 14.9 Å². The molecule has 19 heavy (non-hydrogen) atoms. The lowest BCUT2D eigenvalue weighted by Crippen LogP contribution is -2.34. The van der Waals surface area contributed by atoms with Crippen molar-refractivity contribution in [2.45, 2.75) is 13.5 Å². The van der Waals surface area contributed by atoms with Crippen molar-refractivity contribution in [3.05, 3.63) is 35.6 Å². The van der Waals surface area contributed by atoms with Crippen LogP contribution in [-0.2, 0) is 11.3 Å². The van der Waals surface area contributed by atoms with Crippen molar-refractivity contribution in [1.82, 2.24) is 5.32 Å². The number of nitrogens with two attached hydrogens (primary N) is 1. The van der Waals surface area contributed by atoms with Gasteiger partial charge in [0.2, 0.25) is 0 Å². The SMILES string of the molecule is COCCNC(N)=NCc1oc2ccccc2c1C. The van der Waals surface area contributed by atoms with Gasteiger partial charge in [-0.15, -0.1) is 0 Å². The summed E-state index contributed by atoms with van der Waals surface area (Å²) >= 11 is 0. The number of aliphatic imine (C=N–C) groups is 1. The highest BCUT2D eigenvalue weighted by atomic mass is 16.5. The first-order valence-electron chi connectivity index (χ1n) is 6.22. The Hall–Kier alpha value is -2.01. The molecule has 1 aromatic carbocycles. The van der Waals surface area contributed by atoms with E-state index in [1.54, 1.807) is 7.11 Å². The molecule has 102 valence electrons. The highest BCUT2D eigenvalue weighted by Gasteiger charge is 2.08. The maximum absolute atomic E-state index is 5.76. The molecule has 0 amide bonds. The van der Waals surface area contributed by atoms with Crippen LogP contribution < -0.4 is 11.1 Å². The average Bonchev–Trinajstić information content (AvgIpc) is 2.74. The normalized spacial score (nSPS) is 12.0. The van der Waals surface area contributed by atoms with Crippen LogP contribution in [0, 0.1) is 6.92 Å². The lowest BCUT2D eigenvalue weighted by molar-refractivity contribution is 0.204. The molecule has 0 aliphatic heterocycles. The zero-order valence-electron chi connectivity index (χ0n) is 11.3.